The van der Waals surface area contributed by atoms with E-state index in [0.717, 1.165) is 5.56 Å². The molecular formula is C23H33N5O5. The molecule has 2 atom stereocenters. The van der Waals surface area contributed by atoms with E-state index < -0.39 is 35.8 Å². The van der Waals surface area contributed by atoms with Gasteiger partial charge in [0.1, 0.15) is 18.7 Å². The van der Waals surface area contributed by atoms with Gasteiger partial charge in [0.2, 0.25) is 11.8 Å². The molecule has 33 heavy (non-hydrogen) atoms. The summed E-state index contributed by atoms with van der Waals surface area (Å²) in [5, 5.41) is 7.67. The van der Waals surface area contributed by atoms with E-state index in [4.69, 9.17) is 10.3 Å². The Balaban J connectivity index is 2.79. The molecule has 0 saturated carbocycles. The van der Waals surface area contributed by atoms with Crippen molar-refractivity contribution in [2.24, 2.45) is 11.8 Å². The van der Waals surface area contributed by atoms with Crippen LogP contribution in [0.25, 0.3) is 5.53 Å². The van der Waals surface area contributed by atoms with Gasteiger partial charge >= 0.3 is 12.3 Å². The van der Waals surface area contributed by atoms with Crippen molar-refractivity contribution in [2.45, 2.75) is 59.2 Å². The number of nitrogens with zero attached hydrogens (tertiary/aromatic N) is 2. The minimum atomic E-state index is -0.909. The molecule has 0 fully saturated rings. The first-order chi connectivity index (χ1) is 15.6. The minimum absolute atomic E-state index is 0.0617. The highest BCUT2D eigenvalue weighted by Crippen LogP contribution is 2.09. The zero-order valence-corrected chi connectivity index (χ0v) is 19.5. The number of ether oxygens (including phenoxy) is 1. The van der Waals surface area contributed by atoms with Gasteiger partial charge in [-0.25, -0.2) is 4.79 Å². The Hall–Kier alpha value is -3.52. The second kappa shape index (κ2) is 14.5. The summed E-state index contributed by atoms with van der Waals surface area (Å²) < 4.78 is 5.22. The van der Waals surface area contributed by atoms with Gasteiger partial charge < -0.3 is 26.2 Å². The molecule has 0 saturated heterocycles. The number of benzene rings is 1. The number of hydrogen-bond acceptors (Lipinski definition) is 5. The number of rotatable bonds is 13. The molecule has 0 aliphatic rings. The average molecular weight is 460 g/mol. The smallest absolute Gasteiger partial charge is 0.408 e. The number of alkyl carbamates (subject to hydrolysis) is 1. The van der Waals surface area contributed by atoms with Gasteiger partial charge in [0.25, 0.3) is 5.78 Å². The lowest BCUT2D eigenvalue weighted by atomic mass is 10.00. The summed E-state index contributed by atoms with van der Waals surface area (Å²) in [4.78, 5) is 51.9. The molecule has 1 aromatic rings. The van der Waals surface area contributed by atoms with E-state index in [9.17, 15) is 19.2 Å². The monoisotopic (exact) mass is 459 g/mol. The standard InChI is InChI=1S/C23H33N5O5/c1-15(2)10-19(21(30)25-12-18(29)13-26-24)27-22(31)20(11-16(3)4)28-23(32)33-14-17-8-6-5-7-9-17/h5-9,13,15-16,19-20H,10-12,14H2,1-4H3,(H,25,30)(H,27,31)(H,28,32)/t19-,20-/m0/s1. The Morgan fingerprint density at radius 3 is 2.06 bits per heavy atom. The fraction of sp³-hybridized carbons (Fsp3) is 0.522. The van der Waals surface area contributed by atoms with E-state index >= 15 is 0 Å². The van der Waals surface area contributed by atoms with Gasteiger partial charge in [-0.15, -0.1) is 0 Å². The third-order valence-electron chi connectivity index (χ3n) is 4.51. The third kappa shape index (κ3) is 11.6. The highest BCUT2D eigenvalue weighted by atomic mass is 16.5. The lowest BCUT2D eigenvalue weighted by Gasteiger charge is -2.24. The predicted octanol–water partition coefficient (Wildman–Crippen LogP) is 1.84. The van der Waals surface area contributed by atoms with Gasteiger partial charge in [0, 0.05) is 0 Å². The van der Waals surface area contributed by atoms with E-state index in [1.807, 2.05) is 58.0 Å². The quantitative estimate of drug-likeness (QED) is 0.234. The van der Waals surface area contributed by atoms with Crippen LogP contribution >= 0.6 is 0 Å². The van der Waals surface area contributed by atoms with Crippen molar-refractivity contribution < 1.29 is 28.7 Å². The molecule has 0 aliphatic carbocycles. The highest BCUT2D eigenvalue weighted by molar-refractivity contribution is 6.26. The normalized spacial score (nSPS) is 12.3. The van der Waals surface area contributed by atoms with E-state index in [1.165, 1.54) is 0 Å². The van der Waals surface area contributed by atoms with Gasteiger partial charge in [-0.3, -0.25) is 14.4 Å². The molecule has 10 nitrogen and oxygen atoms in total. The molecule has 3 amide bonds. The first kappa shape index (κ1) is 27.5. The van der Waals surface area contributed by atoms with Crippen LogP contribution < -0.4 is 16.0 Å². The lowest BCUT2D eigenvalue weighted by Crippen LogP contribution is -2.54. The number of carbonyl (C=O) groups is 4. The van der Waals surface area contributed by atoms with Crippen molar-refractivity contribution in [1.29, 1.82) is 0 Å². The van der Waals surface area contributed by atoms with Crippen LogP contribution in [-0.4, -0.2) is 53.3 Å². The third-order valence-corrected chi connectivity index (χ3v) is 4.51. The van der Waals surface area contributed by atoms with E-state index in [2.05, 4.69) is 20.7 Å². The summed E-state index contributed by atoms with van der Waals surface area (Å²) in [5.74, 6) is -1.51. The average Bonchev–Trinajstić information content (AvgIpc) is 2.75. The van der Waals surface area contributed by atoms with Crippen molar-refractivity contribution in [3.8, 4) is 0 Å². The topological polar surface area (TPSA) is 150 Å². The summed E-state index contributed by atoms with van der Waals surface area (Å²) in [6.07, 6.45) is 0.610. The second-order valence-electron chi connectivity index (χ2n) is 8.51. The lowest BCUT2D eigenvalue weighted by molar-refractivity contribution is -0.131. The van der Waals surface area contributed by atoms with Crippen LogP contribution in [0.2, 0.25) is 0 Å². The van der Waals surface area contributed by atoms with Crippen molar-refractivity contribution in [2.75, 3.05) is 6.54 Å². The first-order valence-corrected chi connectivity index (χ1v) is 10.9. The number of Topliss-reactive ketones (excluding diaryl/α,β-unsaturated/α-hetero) is 1. The fourth-order valence-electron chi connectivity index (χ4n) is 2.99. The van der Waals surface area contributed by atoms with Crippen LogP contribution in [0.1, 0.15) is 46.1 Å². The van der Waals surface area contributed by atoms with Crippen molar-refractivity contribution in [1.82, 2.24) is 16.0 Å². The van der Waals surface area contributed by atoms with Gasteiger partial charge in [-0.05, 0) is 30.2 Å². The molecule has 0 aliphatic heterocycles. The maximum Gasteiger partial charge on any atom is 0.408 e. The SMILES string of the molecule is CC(C)C[C@H](NC(=O)OCc1ccccc1)C(=O)N[C@@H](CC(C)C)C(=O)NCC(=O)C=[N+]=[N-]. The van der Waals surface area contributed by atoms with Gasteiger partial charge in [0.15, 0.2) is 0 Å². The minimum Gasteiger partial charge on any atom is -0.445 e. The fourth-order valence-corrected chi connectivity index (χ4v) is 2.99. The highest BCUT2D eigenvalue weighted by Gasteiger charge is 2.28. The summed E-state index contributed by atoms with van der Waals surface area (Å²) in [6.45, 7) is 7.29. The molecule has 0 spiro atoms. The molecule has 0 heterocycles. The van der Waals surface area contributed by atoms with Crippen LogP contribution in [0.3, 0.4) is 0 Å². The zero-order chi connectivity index (χ0) is 24.8. The maximum absolute atomic E-state index is 12.9. The number of ketones is 1. The molecule has 1 rings (SSSR count). The van der Waals surface area contributed by atoms with Crippen LogP contribution in [0.4, 0.5) is 4.79 Å². The predicted molar refractivity (Wildman–Crippen MR) is 122 cm³/mol. The molecule has 10 heteroatoms. The summed E-state index contributed by atoms with van der Waals surface area (Å²) in [7, 11) is 0. The van der Waals surface area contributed by atoms with Crippen molar-refractivity contribution >= 4 is 29.9 Å². The largest absolute Gasteiger partial charge is 0.445 e. The van der Waals surface area contributed by atoms with Crippen LogP contribution in [0.15, 0.2) is 30.3 Å². The molecule has 0 radical (unpaired) electrons. The van der Waals surface area contributed by atoms with Gasteiger partial charge in [0.05, 0.1) is 6.54 Å². The summed E-state index contributed by atoms with van der Waals surface area (Å²) in [6, 6.07) is 7.33. The molecule has 1 aromatic carbocycles. The molecule has 0 aromatic heterocycles. The Morgan fingerprint density at radius 1 is 0.939 bits per heavy atom. The number of nitrogens with one attached hydrogen (secondary N) is 3. The maximum atomic E-state index is 12.9. The number of carbonyl (C=O) groups excluding carboxylic acids is 4. The Kier molecular flexibility index (Phi) is 12.1. The molecule has 0 unspecified atom stereocenters. The van der Waals surface area contributed by atoms with Crippen molar-refractivity contribution in [3.63, 3.8) is 0 Å². The Labute approximate surface area is 194 Å². The first-order valence-electron chi connectivity index (χ1n) is 10.9. The van der Waals surface area contributed by atoms with E-state index in [1.54, 1.807) is 0 Å². The van der Waals surface area contributed by atoms with Gasteiger partial charge in [-0.1, -0.05) is 58.0 Å². The van der Waals surface area contributed by atoms with Crippen LogP contribution in [0.5, 0.6) is 0 Å². The van der Waals surface area contributed by atoms with Gasteiger partial charge in [-0.2, -0.15) is 4.79 Å². The van der Waals surface area contributed by atoms with E-state index in [-0.39, 0.29) is 25.0 Å². The summed E-state index contributed by atoms with van der Waals surface area (Å²) in [5.41, 5.74) is 9.20. The molecular weight excluding hydrogens is 426 g/mol. The van der Waals surface area contributed by atoms with Crippen LogP contribution in [0, 0.1) is 11.8 Å². The molecule has 3 N–H and O–H groups in total. The number of hydrogen-bond donors (Lipinski definition) is 3. The molecule has 0 bridgehead atoms. The van der Waals surface area contributed by atoms with Crippen molar-refractivity contribution in [3.05, 3.63) is 41.4 Å². The zero-order valence-electron chi connectivity index (χ0n) is 19.5. The van der Waals surface area contributed by atoms with Crippen LogP contribution in [-0.2, 0) is 25.7 Å². The Bertz CT molecular complexity index is 850. The summed E-state index contributed by atoms with van der Waals surface area (Å²) >= 11 is 0. The van der Waals surface area contributed by atoms with E-state index in [0.29, 0.717) is 19.1 Å². The number of amides is 3. The molecule has 180 valence electrons. The second-order valence-corrected chi connectivity index (χ2v) is 8.51. The Morgan fingerprint density at radius 2 is 1.52 bits per heavy atom.